The normalized spacial score (nSPS) is 21.2. The maximum atomic E-state index is 13.1. The predicted octanol–water partition coefficient (Wildman–Crippen LogP) is 1.69. The van der Waals surface area contributed by atoms with Gasteiger partial charge in [0.25, 0.3) is 5.69 Å². The van der Waals surface area contributed by atoms with E-state index in [-0.39, 0.29) is 5.69 Å². The molecular formula is C12H13FN2O4. The van der Waals surface area contributed by atoms with Gasteiger partial charge in [0, 0.05) is 13.0 Å². The summed E-state index contributed by atoms with van der Waals surface area (Å²) in [4.78, 5) is 12.2. The van der Waals surface area contributed by atoms with Gasteiger partial charge in [-0.1, -0.05) is 0 Å². The molecule has 2 heterocycles. The fourth-order valence-corrected chi connectivity index (χ4v) is 2.60. The van der Waals surface area contributed by atoms with Crippen molar-refractivity contribution in [3.63, 3.8) is 0 Å². The van der Waals surface area contributed by atoms with Crippen LogP contribution in [-0.2, 0) is 9.47 Å². The summed E-state index contributed by atoms with van der Waals surface area (Å²) in [6.07, 6.45) is 0.654. The van der Waals surface area contributed by atoms with Gasteiger partial charge >= 0.3 is 0 Å². The average Bonchev–Trinajstić information content (AvgIpc) is 3.00. The third-order valence-electron chi connectivity index (χ3n) is 3.48. The summed E-state index contributed by atoms with van der Waals surface area (Å²) < 4.78 is 24.3. The summed E-state index contributed by atoms with van der Waals surface area (Å²) in [6, 6.07) is 3.60. The number of benzene rings is 1. The van der Waals surface area contributed by atoms with E-state index in [2.05, 4.69) is 0 Å². The fraction of sp³-hybridized carbons (Fsp3) is 0.500. The lowest BCUT2D eigenvalue weighted by molar-refractivity contribution is -0.384. The van der Waals surface area contributed by atoms with E-state index in [9.17, 15) is 14.5 Å². The lowest BCUT2D eigenvalue weighted by Gasteiger charge is -2.23. The van der Waals surface area contributed by atoms with Gasteiger partial charge in [-0.3, -0.25) is 10.1 Å². The Morgan fingerprint density at radius 1 is 1.37 bits per heavy atom. The summed E-state index contributed by atoms with van der Waals surface area (Å²) in [7, 11) is 0. The SMILES string of the molecule is O=[N+]([O-])c1cc(F)ccc1N1CCC2(C1)OCCO2. The summed E-state index contributed by atoms with van der Waals surface area (Å²) in [5.74, 6) is -1.26. The molecule has 2 aliphatic heterocycles. The monoisotopic (exact) mass is 268 g/mol. The van der Waals surface area contributed by atoms with E-state index in [1.807, 2.05) is 4.90 Å². The van der Waals surface area contributed by atoms with Crippen molar-refractivity contribution in [3.8, 4) is 0 Å². The summed E-state index contributed by atoms with van der Waals surface area (Å²) in [5, 5.41) is 11.0. The smallest absolute Gasteiger partial charge is 0.295 e. The maximum Gasteiger partial charge on any atom is 0.295 e. The van der Waals surface area contributed by atoms with Crippen LogP contribution in [0.4, 0.5) is 15.8 Å². The topological polar surface area (TPSA) is 64.8 Å². The molecule has 0 N–H and O–H groups in total. The molecule has 0 amide bonds. The van der Waals surface area contributed by atoms with Crippen LogP contribution in [0.15, 0.2) is 18.2 Å². The first-order chi connectivity index (χ1) is 9.10. The maximum absolute atomic E-state index is 13.1. The molecule has 19 heavy (non-hydrogen) atoms. The van der Waals surface area contributed by atoms with Gasteiger partial charge in [-0.05, 0) is 12.1 Å². The van der Waals surface area contributed by atoms with Crippen LogP contribution in [0, 0.1) is 15.9 Å². The second kappa shape index (κ2) is 4.43. The largest absolute Gasteiger partial charge is 0.360 e. The van der Waals surface area contributed by atoms with Crippen LogP contribution < -0.4 is 4.90 Å². The second-order valence-corrected chi connectivity index (χ2v) is 4.67. The van der Waals surface area contributed by atoms with E-state index < -0.39 is 16.5 Å². The predicted molar refractivity (Wildman–Crippen MR) is 64.5 cm³/mol. The molecule has 1 aromatic rings. The van der Waals surface area contributed by atoms with E-state index in [0.717, 1.165) is 6.07 Å². The highest BCUT2D eigenvalue weighted by Crippen LogP contribution is 2.37. The van der Waals surface area contributed by atoms with Gasteiger partial charge < -0.3 is 14.4 Å². The van der Waals surface area contributed by atoms with E-state index in [1.165, 1.54) is 12.1 Å². The molecule has 0 atom stereocenters. The van der Waals surface area contributed by atoms with Crippen LogP contribution >= 0.6 is 0 Å². The van der Waals surface area contributed by atoms with Gasteiger partial charge in [0.15, 0.2) is 5.79 Å². The third kappa shape index (κ3) is 2.15. The van der Waals surface area contributed by atoms with E-state index >= 15 is 0 Å². The molecule has 0 bridgehead atoms. The zero-order chi connectivity index (χ0) is 13.5. The number of anilines is 1. The molecule has 102 valence electrons. The molecule has 0 aromatic heterocycles. The minimum absolute atomic E-state index is 0.227. The molecule has 0 aliphatic carbocycles. The molecule has 0 saturated carbocycles. The highest BCUT2D eigenvalue weighted by molar-refractivity contribution is 5.64. The summed E-state index contributed by atoms with van der Waals surface area (Å²) in [5.41, 5.74) is 0.178. The van der Waals surface area contributed by atoms with Gasteiger partial charge in [0.2, 0.25) is 0 Å². The third-order valence-corrected chi connectivity index (χ3v) is 3.48. The average molecular weight is 268 g/mol. The van der Waals surface area contributed by atoms with E-state index in [4.69, 9.17) is 9.47 Å². The van der Waals surface area contributed by atoms with Crippen molar-refractivity contribution >= 4 is 11.4 Å². The van der Waals surface area contributed by atoms with Gasteiger partial charge in [0.1, 0.15) is 11.5 Å². The number of nitro groups is 1. The molecule has 2 fully saturated rings. The summed E-state index contributed by atoms with van der Waals surface area (Å²) in [6.45, 7) is 2.10. The Labute approximate surface area is 108 Å². The minimum Gasteiger partial charge on any atom is -0.360 e. The number of ether oxygens (including phenoxy) is 2. The summed E-state index contributed by atoms with van der Waals surface area (Å²) >= 11 is 0. The molecule has 6 nitrogen and oxygen atoms in total. The first-order valence-electron chi connectivity index (χ1n) is 6.06. The molecule has 2 aliphatic rings. The Hall–Kier alpha value is -1.73. The van der Waals surface area contributed by atoms with Gasteiger partial charge in [0.05, 0.1) is 30.7 Å². The molecule has 0 radical (unpaired) electrons. The molecule has 1 spiro atoms. The van der Waals surface area contributed by atoms with Crippen LogP contribution in [0.1, 0.15) is 6.42 Å². The Kier molecular flexibility index (Phi) is 2.87. The lowest BCUT2D eigenvalue weighted by Crippen LogP contribution is -2.34. The first kappa shape index (κ1) is 12.3. The van der Waals surface area contributed by atoms with Crippen molar-refractivity contribution in [1.82, 2.24) is 0 Å². The van der Waals surface area contributed by atoms with Gasteiger partial charge in [-0.2, -0.15) is 0 Å². The Balaban J connectivity index is 1.89. The number of hydrogen-bond donors (Lipinski definition) is 0. The molecular weight excluding hydrogens is 255 g/mol. The molecule has 0 unspecified atom stereocenters. The van der Waals surface area contributed by atoms with E-state index in [0.29, 0.717) is 38.4 Å². The van der Waals surface area contributed by atoms with Gasteiger partial charge in [-0.15, -0.1) is 0 Å². The number of nitro benzene ring substituents is 1. The van der Waals surface area contributed by atoms with Crippen LogP contribution in [0.5, 0.6) is 0 Å². The van der Waals surface area contributed by atoms with Crippen LogP contribution in [0.2, 0.25) is 0 Å². The highest BCUT2D eigenvalue weighted by atomic mass is 19.1. The Bertz CT molecular complexity index is 516. The van der Waals surface area contributed by atoms with Crippen molar-refractivity contribution in [2.75, 3.05) is 31.2 Å². The minimum atomic E-state index is -0.651. The number of rotatable bonds is 2. The molecule has 1 aromatic carbocycles. The zero-order valence-corrected chi connectivity index (χ0v) is 10.2. The molecule has 7 heteroatoms. The second-order valence-electron chi connectivity index (χ2n) is 4.67. The van der Waals surface area contributed by atoms with Crippen molar-refractivity contribution in [2.45, 2.75) is 12.2 Å². The van der Waals surface area contributed by atoms with Crippen LogP contribution in [0.3, 0.4) is 0 Å². The lowest BCUT2D eigenvalue weighted by atomic mass is 10.2. The molecule has 3 rings (SSSR count). The number of hydrogen-bond acceptors (Lipinski definition) is 5. The van der Waals surface area contributed by atoms with Crippen LogP contribution in [0.25, 0.3) is 0 Å². The van der Waals surface area contributed by atoms with Crippen molar-refractivity contribution < 1.29 is 18.8 Å². The van der Waals surface area contributed by atoms with Crippen molar-refractivity contribution in [2.24, 2.45) is 0 Å². The zero-order valence-electron chi connectivity index (χ0n) is 10.2. The van der Waals surface area contributed by atoms with E-state index in [1.54, 1.807) is 0 Å². The molecule has 2 saturated heterocycles. The fourth-order valence-electron chi connectivity index (χ4n) is 2.60. The quantitative estimate of drug-likeness (QED) is 0.603. The standard InChI is InChI=1S/C12H13FN2O4/c13-9-1-2-10(11(7-9)15(16)17)14-4-3-12(8-14)18-5-6-19-12/h1-2,7H,3-6,8H2. The Morgan fingerprint density at radius 2 is 2.11 bits per heavy atom. The first-order valence-corrected chi connectivity index (χ1v) is 6.06. The van der Waals surface area contributed by atoms with Gasteiger partial charge in [-0.25, -0.2) is 4.39 Å². The number of halogens is 1. The van der Waals surface area contributed by atoms with Crippen molar-refractivity contribution in [1.29, 1.82) is 0 Å². The van der Waals surface area contributed by atoms with Crippen LogP contribution in [-0.4, -0.2) is 37.0 Å². The highest BCUT2D eigenvalue weighted by Gasteiger charge is 2.44. The van der Waals surface area contributed by atoms with Crippen molar-refractivity contribution in [3.05, 3.63) is 34.1 Å². The number of nitrogens with zero attached hydrogens (tertiary/aromatic N) is 2. The Morgan fingerprint density at radius 3 is 2.79 bits per heavy atom.